The molecular formula is C23H28N2O4S. The number of thioether (sulfide) groups is 1. The van der Waals surface area contributed by atoms with E-state index in [9.17, 15) is 14.4 Å². The fraction of sp³-hybridized carbons (Fsp3) is 0.348. The Balaban J connectivity index is 2.04. The summed E-state index contributed by atoms with van der Waals surface area (Å²) in [6, 6.07) is 18.7. The fourth-order valence-corrected chi connectivity index (χ4v) is 3.66. The van der Waals surface area contributed by atoms with Crippen molar-refractivity contribution >= 4 is 28.8 Å². The van der Waals surface area contributed by atoms with Gasteiger partial charge in [0.1, 0.15) is 6.54 Å². The van der Waals surface area contributed by atoms with E-state index in [0.717, 1.165) is 17.3 Å². The van der Waals surface area contributed by atoms with Crippen LogP contribution in [0.3, 0.4) is 0 Å². The van der Waals surface area contributed by atoms with Crippen LogP contribution in [0.2, 0.25) is 0 Å². The third-order valence-electron chi connectivity index (χ3n) is 4.40. The molecule has 0 saturated heterocycles. The highest BCUT2D eigenvalue weighted by Gasteiger charge is 2.27. The summed E-state index contributed by atoms with van der Waals surface area (Å²) in [5.74, 6) is -0.818. The molecule has 0 bridgehead atoms. The molecule has 0 aliphatic heterocycles. The summed E-state index contributed by atoms with van der Waals surface area (Å²) in [7, 11) is 1.76. The number of hydrazine groups is 1. The van der Waals surface area contributed by atoms with E-state index in [4.69, 9.17) is 4.74 Å². The topological polar surface area (TPSA) is 66.9 Å². The van der Waals surface area contributed by atoms with Crippen LogP contribution in [0.15, 0.2) is 60.7 Å². The molecule has 2 aromatic carbocycles. The summed E-state index contributed by atoms with van der Waals surface area (Å²) >= 11 is 1.11. The van der Waals surface area contributed by atoms with Crippen LogP contribution in [0, 0.1) is 5.92 Å². The van der Waals surface area contributed by atoms with Crippen molar-refractivity contribution in [1.29, 1.82) is 0 Å². The van der Waals surface area contributed by atoms with Crippen molar-refractivity contribution < 1.29 is 19.1 Å². The molecule has 1 amide bonds. The van der Waals surface area contributed by atoms with Gasteiger partial charge < -0.3 is 4.74 Å². The van der Waals surface area contributed by atoms with Crippen LogP contribution in [-0.2, 0) is 20.9 Å². The normalized spacial score (nSPS) is 11.7. The van der Waals surface area contributed by atoms with Crippen LogP contribution in [0.25, 0.3) is 0 Å². The fourth-order valence-electron chi connectivity index (χ4n) is 2.81. The Morgan fingerprint density at radius 1 is 1.00 bits per heavy atom. The summed E-state index contributed by atoms with van der Waals surface area (Å²) in [6.45, 7) is 4.04. The number of rotatable bonds is 10. The van der Waals surface area contributed by atoms with Crippen molar-refractivity contribution in [2.45, 2.75) is 20.4 Å². The highest BCUT2D eigenvalue weighted by Crippen LogP contribution is 2.18. The van der Waals surface area contributed by atoms with Gasteiger partial charge in [0.25, 0.3) is 0 Å². The summed E-state index contributed by atoms with van der Waals surface area (Å²) in [6.07, 6.45) is 0. The highest BCUT2D eigenvalue weighted by atomic mass is 32.2. The van der Waals surface area contributed by atoms with Crippen molar-refractivity contribution in [2.24, 2.45) is 5.92 Å². The SMILES string of the molecule is CCOC(=O)CN(C(=O)C(C)CSC(=O)c1ccccc1)N(C)Cc1ccccc1. The first-order chi connectivity index (χ1) is 14.4. The van der Waals surface area contributed by atoms with E-state index in [0.29, 0.717) is 17.9 Å². The Hall–Kier alpha value is -2.64. The second-order valence-electron chi connectivity index (χ2n) is 6.87. The van der Waals surface area contributed by atoms with Gasteiger partial charge in [-0.2, -0.15) is 0 Å². The lowest BCUT2D eigenvalue weighted by Crippen LogP contribution is -2.49. The molecule has 6 nitrogen and oxygen atoms in total. The van der Waals surface area contributed by atoms with Crippen molar-refractivity contribution in [1.82, 2.24) is 10.0 Å². The standard InChI is InChI=1S/C23H28N2O4S/c1-4-29-21(26)16-25(24(3)15-19-11-7-5-8-12-19)22(27)18(2)17-30-23(28)20-13-9-6-10-14-20/h5-14,18H,4,15-17H2,1-3H3. The molecule has 0 aliphatic carbocycles. The van der Waals surface area contributed by atoms with E-state index in [2.05, 4.69) is 0 Å². The first-order valence-corrected chi connectivity index (χ1v) is 10.8. The number of amides is 1. The van der Waals surface area contributed by atoms with Crippen LogP contribution in [0.1, 0.15) is 29.8 Å². The van der Waals surface area contributed by atoms with Gasteiger partial charge in [0, 0.05) is 30.8 Å². The van der Waals surface area contributed by atoms with Crippen LogP contribution in [-0.4, -0.2) is 53.0 Å². The third kappa shape index (κ3) is 7.31. The van der Waals surface area contributed by atoms with Gasteiger partial charge in [0.05, 0.1) is 6.61 Å². The molecule has 7 heteroatoms. The predicted molar refractivity (Wildman–Crippen MR) is 119 cm³/mol. The number of nitrogens with zero attached hydrogens (tertiary/aromatic N) is 2. The molecule has 0 aromatic heterocycles. The largest absolute Gasteiger partial charge is 0.465 e. The Bertz CT molecular complexity index is 830. The molecule has 0 saturated carbocycles. The number of ether oxygens (including phenoxy) is 1. The lowest BCUT2D eigenvalue weighted by atomic mass is 10.2. The first kappa shape index (κ1) is 23.6. The molecule has 0 spiro atoms. The summed E-state index contributed by atoms with van der Waals surface area (Å²) in [4.78, 5) is 37.5. The van der Waals surface area contributed by atoms with Gasteiger partial charge in [-0.3, -0.25) is 19.4 Å². The summed E-state index contributed by atoms with van der Waals surface area (Å²) < 4.78 is 5.04. The van der Waals surface area contributed by atoms with Gasteiger partial charge in [-0.15, -0.1) is 0 Å². The van der Waals surface area contributed by atoms with Gasteiger partial charge in [-0.25, -0.2) is 5.01 Å². The maximum atomic E-state index is 13.1. The number of benzene rings is 2. The molecular weight excluding hydrogens is 400 g/mol. The lowest BCUT2D eigenvalue weighted by molar-refractivity contribution is -0.163. The number of carbonyl (C=O) groups excluding carboxylic acids is 3. The average Bonchev–Trinajstić information content (AvgIpc) is 2.76. The zero-order valence-electron chi connectivity index (χ0n) is 17.6. The molecule has 0 N–H and O–H groups in total. The van der Waals surface area contributed by atoms with Crippen molar-refractivity contribution in [3.05, 3.63) is 71.8 Å². The third-order valence-corrected chi connectivity index (χ3v) is 5.56. The van der Waals surface area contributed by atoms with Crippen LogP contribution in [0.5, 0.6) is 0 Å². The van der Waals surface area contributed by atoms with E-state index in [-0.39, 0.29) is 24.2 Å². The molecule has 0 heterocycles. The minimum atomic E-state index is -0.467. The second kappa shape index (κ2) is 12.1. The Kier molecular flexibility index (Phi) is 9.57. The Labute approximate surface area is 182 Å². The molecule has 1 atom stereocenters. The maximum Gasteiger partial charge on any atom is 0.327 e. The predicted octanol–water partition coefficient (Wildman–Crippen LogP) is 3.63. The molecule has 2 rings (SSSR count). The Morgan fingerprint density at radius 2 is 1.60 bits per heavy atom. The van der Waals surface area contributed by atoms with Crippen molar-refractivity contribution in [3.63, 3.8) is 0 Å². The van der Waals surface area contributed by atoms with Gasteiger partial charge in [0.15, 0.2) is 0 Å². The molecule has 0 aliphatic rings. The quantitative estimate of drug-likeness (QED) is 0.425. The maximum absolute atomic E-state index is 13.1. The summed E-state index contributed by atoms with van der Waals surface area (Å²) in [5, 5.41) is 3.04. The zero-order chi connectivity index (χ0) is 21.9. The smallest absolute Gasteiger partial charge is 0.327 e. The molecule has 1 unspecified atom stereocenters. The molecule has 30 heavy (non-hydrogen) atoms. The minimum Gasteiger partial charge on any atom is -0.465 e. The molecule has 2 aromatic rings. The van der Waals surface area contributed by atoms with Gasteiger partial charge in [-0.1, -0.05) is 79.3 Å². The average molecular weight is 429 g/mol. The zero-order valence-corrected chi connectivity index (χ0v) is 18.4. The number of hydrogen-bond donors (Lipinski definition) is 0. The number of hydrogen-bond acceptors (Lipinski definition) is 6. The van der Waals surface area contributed by atoms with Gasteiger partial charge >= 0.3 is 5.97 Å². The summed E-state index contributed by atoms with van der Waals surface area (Å²) in [5.41, 5.74) is 1.62. The van der Waals surface area contributed by atoms with E-state index < -0.39 is 11.9 Å². The lowest BCUT2D eigenvalue weighted by Gasteiger charge is -2.33. The Morgan fingerprint density at radius 3 is 2.20 bits per heavy atom. The van der Waals surface area contributed by atoms with Gasteiger partial charge in [0.2, 0.25) is 11.0 Å². The number of esters is 1. The first-order valence-electron chi connectivity index (χ1n) is 9.86. The van der Waals surface area contributed by atoms with Crippen LogP contribution >= 0.6 is 11.8 Å². The monoisotopic (exact) mass is 428 g/mol. The molecule has 0 radical (unpaired) electrons. The minimum absolute atomic E-state index is 0.0789. The van der Waals surface area contributed by atoms with E-state index in [1.165, 1.54) is 5.01 Å². The highest BCUT2D eigenvalue weighted by molar-refractivity contribution is 8.14. The number of carbonyl (C=O) groups is 3. The molecule has 0 fully saturated rings. The van der Waals surface area contributed by atoms with Crippen LogP contribution in [0.4, 0.5) is 0 Å². The second-order valence-corrected chi connectivity index (χ2v) is 7.86. The van der Waals surface area contributed by atoms with Gasteiger partial charge in [-0.05, 0) is 12.5 Å². The van der Waals surface area contributed by atoms with E-state index >= 15 is 0 Å². The van der Waals surface area contributed by atoms with Crippen molar-refractivity contribution in [3.8, 4) is 0 Å². The van der Waals surface area contributed by atoms with E-state index in [1.807, 2.05) is 48.5 Å². The van der Waals surface area contributed by atoms with Crippen molar-refractivity contribution in [2.75, 3.05) is 26.0 Å². The van der Waals surface area contributed by atoms with E-state index in [1.54, 1.807) is 38.0 Å². The molecule has 160 valence electrons. The van der Waals surface area contributed by atoms with Crippen LogP contribution < -0.4 is 0 Å².